The Morgan fingerprint density at radius 1 is 1.50 bits per heavy atom. The summed E-state index contributed by atoms with van der Waals surface area (Å²) in [5.74, 6) is -0.243. The molecule has 0 aromatic heterocycles. The summed E-state index contributed by atoms with van der Waals surface area (Å²) in [6, 6.07) is 5.02. The molecule has 0 spiro atoms. The maximum atomic E-state index is 11.5. The molecule has 2 atom stereocenters. The molecule has 2 aliphatic rings. The summed E-state index contributed by atoms with van der Waals surface area (Å²) in [4.78, 5) is 15.8. The molecule has 2 unspecified atom stereocenters. The fourth-order valence-electron chi connectivity index (χ4n) is 2.82. The molecule has 22 heavy (non-hydrogen) atoms. The summed E-state index contributed by atoms with van der Waals surface area (Å²) in [6.07, 6.45) is -0.942. The van der Waals surface area contributed by atoms with Gasteiger partial charge in [0.25, 0.3) is 0 Å². The number of hydrogen-bond acceptors (Lipinski definition) is 5. The Bertz CT molecular complexity index is 645. The van der Waals surface area contributed by atoms with Gasteiger partial charge in [0.1, 0.15) is 11.6 Å². The monoisotopic (exact) mass is 323 g/mol. The van der Waals surface area contributed by atoms with Gasteiger partial charge in [-0.05, 0) is 31.5 Å². The Kier molecular flexibility index (Phi) is 3.84. The molecule has 2 aliphatic heterocycles. The number of amidine groups is 1. The Balaban J connectivity index is 1.97. The topological polar surface area (TPSA) is 83.0 Å². The average Bonchev–Trinajstić information content (AvgIpc) is 3.06. The zero-order valence-electron chi connectivity index (χ0n) is 12.4. The van der Waals surface area contributed by atoms with Crippen molar-refractivity contribution < 1.29 is 14.6 Å². The van der Waals surface area contributed by atoms with Gasteiger partial charge in [0.05, 0.1) is 17.6 Å². The highest BCUT2D eigenvalue weighted by atomic mass is 35.5. The smallest absolute Gasteiger partial charge is 0.334 e. The van der Waals surface area contributed by atoms with Crippen LogP contribution in [0.3, 0.4) is 0 Å². The summed E-state index contributed by atoms with van der Waals surface area (Å²) < 4.78 is 5.58. The highest BCUT2D eigenvalue weighted by Gasteiger charge is 2.44. The number of rotatable bonds is 3. The van der Waals surface area contributed by atoms with E-state index in [4.69, 9.17) is 16.3 Å². The molecule has 0 bridgehead atoms. The molecule has 118 valence electrons. The minimum absolute atomic E-state index is 0.439. The predicted molar refractivity (Wildman–Crippen MR) is 83.3 cm³/mol. The second kappa shape index (κ2) is 5.53. The van der Waals surface area contributed by atoms with E-state index < -0.39 is 23.8 Å². The maximum absolute atomic E-state index is 11.5. The molecule has 1 aromatic carbocycles. The quantitative estimate of drug-likeness (QED) is 0.786. The molecule has 0 radical (unpaired) electrons. The van der Waals surface area contributed by atoms with E-state index in [1.54, 1.807) is 6.07 Å². The number of benzene rings is 1. The van der Waals surface area contributed by atoms with Crippen molar-refractivity contribution in [2.24, 2.45) is 4.99 Å². The summed E-state index contributed by atoms with van der Waals surface area (Å²) in [7, 11) is 0. The molecule has 0 aliphatic carbocycles. The van der Waals surface area contributed by atoms with Crippen molar-refractivity contribution in [2.75, 3.05) is 13.1 Å². The lowest BCUT2D eigenvalue weighted by Gasteiger charge is -2.18. The van der Waals surface area contributed by atoms with Gasteiger partial charge in [-0.25, -0.2) is 4.79 Å². The minimum atomic E-state index is -0.990. The Morgan fingerprint density at radius 2 is 2.27 bits per heavy atom. The molecule has 2 heterocycles. The Morgan fingerprint density at radius 3 is 2.91 bits per heavy atom. The molecule has 3 rings (SSSR count). The van der Waals surface area contributed by atoms with Crippen LogP contribution in [0.15, 0.2) is 23.2 Å². The van der Waals surface area contributed by atoms with Crippen molar-refractivity contribution >= 4 is 23.4 Å². The fraction of sp³-hybridized carbons (Fsp3) is 0.467. The van der Waals surface area contributed by atoms with Gasteiger partial charge in [-0.2, -0.15) is 0 Å². The van der Waals surface area contributed by atoms with Crippen molar-refractivity contribution in [3.05, 3.63) is 34.3 Å². The summed E-state index contributed by atoms with van der Waals surface area (Å²) in [5.41, 5.74) is 0.900. The number of ether oxygens (including phenoxy) is 1. The van der Waals surface area contributed by atoms with E-state index in [1.165, 1.54) is 0 Å². The SMILES string of the molecule is CC1(C)NC(c2ccc(Cl)c(C3=NCCN3)c2)C(C(=O)O)O1. The molecule has 3 N–H and O–H groups in total. The Hall–Kier alpha value is -1.63. The van der Waals surface area contributed by atoms with Crippen LogP contribution < -0.4 is 10.6 Å². The molecular weight excluding hydrogens is 306 g/mol. The summed E-state index contributed by atoms with van der Waals surface area (Å²) in [6.45, 7) is 5.11. The molecular formula is C15H18ClN3O3. The minimum Gasteiger partial charge on any atom is -0.479 e. The van der Waals surface area contributed by atoms with Crippen molar-refractivity contribution in [3.63, 3.8) is 0 Å². The normalized spacial score (nSPS) is 26.6. The van der Waals surface area contributed by atoms with Gasteiger partial charge in [-0.15, -0.1) is 0 Å². The number of nitrogens with zero attached hydrogens (tertiary/aromatic N) is 1. The van der Waals surface area contributed by atoms with Crippen LogP contribution in [0.2, 0.25) is 5.02 Å². The molecule has 1 aromatic rings. The molecule has 1 saturated heterocycles. The summed E-state index contributed by atoms with van der Waals surface area (Å²) >= 11 is 6.25. The lowest BCUT2D eigenvalue weighted by Crippen LogP contribution is -2.35. The first kappa shape index (κ1) is 15.3. The van der Waals surface area contributed by atoms with Crippen LogP contribution in [0, 0.1) is 0 Å². The maximum Gasteiger partial charge on any atom is 0.334 e. The lowest BCUT2D eigenvalue weighted by molar-refractivity contribution is -0.153. The van der Waals surface area contributed by atoms with Crippen molar-refractivity contribution in [1.29, 1.82) is 0 Å². The third-order valence-corrected chi connectivity index (χ3v) is 4.08. The van der Waals surface area contributed by atoms with E-state index >= 15 is 0 Å². The molecule has 1 fully saturated rings. The zero-order valence-corrected chi connectivity index (χ0v) is 13.1. The largest absolute Gasteiger partial charge is 0.479 e. The van der Waals surface area contributed by atoms with Crippen LogP contribution in [0.25, 0.3) is 0 Å². The molecule has 0 saturated carbocycles. The van der Waals surface area contributed by atoms with Crippen molar-refractivity contribution in [2.45, 2.75) is 31.7 Å². The number of aliphatic carboxylic acids is 1. The second-order valence-corrected chi connectivity index (χ2v) is 6.31. The van der Waals surface area contributed by atoms with Crippen LogP contribution in [-0.2, 0) is 9.53 Å². The highest BCUT2D eigenvalue weighted by Crippen LogP contribution is 2.33. The zero-order chi connectivity index (χ0) is 15.9. The van der Waals surface area contributed by atoms with E-state index in [-0.39, 0.29) is 0 Å². The number of hydrogen-bond donors (Lipinski definition) is 3. The highest BCUT2D eigenvalue weighted by molar-refractivity contribution is 6.34. The van der Waals surface area contributed by atoms with Gasteiger partial charge in [-0.1, -0.05) is 17.7 Å². The fourth-order valence-corrected chi connectivity index (χ4v) is 3.02. The van der Waals surface area contributed by atoms with E-state index in [0.717, 1.165) is 23.5 Å². The molecule has 0 amide bonds. The van der Waals surface area contributed by atoms with E-state index in [0.29, 0.717) is 11.6 Å². The average molecular weight is 324 g/mol. The van der Waals surface area contributed by atoms with Gasteiger partial charge in [0.15, 0.2) is 6.10 Å². The van der Waals surface area contributed by atoms with Crippen LogP contribution in [0.1, 0.15) is 31.0 Å². The standard InChI is InChI=1S/C15H18ClN3O3/c1-15(2)19-11(12(22-15)14(20)21)8-3-4-10(16)9(7-8)13-17-5-6-18-13/h3-4,7,11-12,19H,5-6H2,1-2H3,(H,17,18)(H,20,21). The third kappa shape index (κ3) is 2.82. The van der Waals surface area contributed by atoms with Gasteiger partial charge in [-0.3, -0.25) is 10.3 Å². The predicted octanol–water partition coefficient (Wildman–Crippen LogP) is 1.54. The Labute approximate surface area is 133 Å². The molecule has 6 nitrogen and oxygen atoms in total. The second-order valence-electron chi connectivity index (χ2n) is 5.91. The first-order valence-electron chi connectivity index (χ1n) is 7.14. The van der Waals surface area contributed by atoms with Crippen molar-refractivity contribution in [3.8, 4) is 0 Å². The molecule has 7 heteroatoms. The van der Waals surface area contributed by atoms with Gasteiger partial charge in [0.2, 0.25) is 0 Å². The van der Waals surface area contributed by atoms with Gasteiger partial charge < -0.3 is 15.2 Å². The number of carboxylic acid groups (broad SMARTS) is 1. The first-order chi connectivity index (χ1) is 10.4. The number of aliphatic imine (C=N–C) groups is 1. The van der Waals surface area contributed by atoms with E-state index in [2.05, 4.69) is 15.6 Å². The number of carboxylic acids is 1. The number of nitrogens with one attached hydrogen (secondary N) is 2. The first-order valence-corrected chi connectivity index (χ1v) is 7.52. The van der Waals surface area contributed by atoms with Gasteiger partial charge in [0, 0.05) is 12.1 Å². The van der Waals surface area contributed by atoms with E-state index in [1.807, 2.05) is 26.0 Å². The van der Waals surface area contributed by atoms with Crippen LogP contribution in [0.4, 0.5) is 0 Å². The summed E-state index contributed by atoms with van der Waals surface area (Å²) in [5, 5.41) is 16.4. The van der Waals surface area contributed by atoms with Crippen molar-refractivity contribution in [1.82, 2.24) is 10.6 Å². The van der Waals surface area contributed by atoms with E-state index in [9.17, 15) is 9.90 Å². The lowest BCUT2D eigenvalue weighted by atomic mass is 9.99. The number of halogens is 1. The number of carbonyl (C=O) groups is 1. The third-order valence-electron chi connectivity index (χ3n) is 3.75. The van der Waals surface area contributed by atoms with Gasteiger partial charge >= 0.3 is 5.97 Å². The van der Waals surface area contributed by atoms with Crippen LogP contribution in [0.5, 0.6) is 0 Å². The van der Waals surface area contributed by atoms with Crippen LogP contribution >= 0.6 is 11.6 Å². The van der Waals surface area contributed by atoms with Crippen LogP contribution in [-0.4, -0.2) is 41.8 Å².